The topological polar surface area (TPSA) is 16.8 Å². The number of fused-ring (bicyclic) bond motifs is 2. The summed E-state index contributed by atoms with van der Waals surface area (Å²) in [5.41, 5.74) is 4.69. The molecule has 0 bridgehead atoms. The summed E-state index contributed by atoms with van der Waals surface area (Å²) in [4.78, 5) is 6.33. The van der Waals surface area contributed by atoms with Gasteiger partial charge in [0.2, 0.25) is 0 Å². The average molecular weight is 367 g/mol. The van der Waals surface area contributed by atoms with Gasteiger partial charge in [-0.2, -0.15) is 0 Å². The van der Waals surface area contributed by atoms with Crippen molar-refractivity contribution in [1.29, 1.82) is 0 Å². The van der Waals surface area contributed by atoms with E-state index in [4.69, 9.17) is 4.98 Å². The van der Waals surface area contributed by atoms with Gasteiger partial charge in [0.1, 0.15) is 6.20 Å². The van der Waals surface area contributed by atoms with E-state index in [0.717, 1.165) is 16.7 Å². The second-order valence-electron chi connectivity index (χ2n) is 6.94. The van der Waals surface area contributed by atoms with E-state index in [-0.39, 0.29) is 0 Å². The highest BCUT2D eigenvalue weighted by Gasteiger charge is 2.19. The Bertz CT molecular complexity index is 1290. The van der Waals surface area contributed by atoms with E-state index >= 15 is 0 Å². The van der Waals surface area contributed by atoms with Crippen LogP contribution in [0.3, 0.4) is 0 Å². The Kier molecular flexibility index (Phi) is 3.76. The van der Waals surface area contributed by atoms with Crippen molar-refractivity contribution in [2.45, 2.75) is 6.92 Å². The summed E-state index contributed by atoms with van der Waals surface area (Å²) >= 11 is 1.77. The van der Waals surface area contributed by atoms with Gasteiger partial charge in [-0.05, 0) is 63.5 Å². The smallest absolute Gasteiger partial charge is 0.232 e. The minimum absolute atomic E-state index is 0.994. The molecule has 0 atom stereocenters. The van der Waals surface area contributed by atoms with Gasteiger partial charge in [0.05, 0.1) is 18.0 Å². The van der Waals surface area contributed by atoms with E-state index in [2.05, 4.69) is 96.8 Å². The predicted molar refractivity (Wildman–Crippen MR) is 114 cm³/mol. The predicted octanol–water partition coefficient (Wildman–Crippen LogP) is 5.92. The number of hydrogen-bond donors (Lipinski definition) is 0. The summed E-state index contributed by atoms with van der Waals surface area (Å²) in [5.74, 6) is 0.994. The van der Waals surface area contributed by atoms with Crippen LogP contribution in [0.15, 0.2) is 78.3 Å². The van der Waals surface area contributed by atoms with E-state index in [0.29, 0.717) is 0 Å². The number of rotatable bonds is 2. The summed E-state index contributed by atoms with van der Waals surface area (Å²) in [6, 6.07) is 23.8. The fourth-order valence-corrected chi connectivity index (χ4v) is 4.34. The van der Waals surface area contributed by atoms with Crippen LogP contribution in [-0.2, 0) is 7.05 Å². The number of thiophene rings is 1. The molecule has 0 aliphatic heterocycles. The van der Waals surface area contributed by atoms with Gasteiger partial charge in [0.25, 0.3) is 0 Å². The van der Waals surface area contributed by atoms with Gasteiger partial charge in [-0.1, -0.05) is 42.5 Å². The van der Waals surface area contributed by atoms with Gasteiger partial charge in [0.15, 0.2) is 5.52 Å². The summed E-state index contributed by atoms with van der Waals surface area (Å²) in [6.07, 6.45) is 2.18. The van der Waals surface area contributed by atoms with Crippen LogP contribution in [0.25, 0.3) is 43.5 Å². The maximum Gasteiger partial charge on any atom is 0.331 e. The second-order valence-corrected chi connectivity index (χ2v) is 7.89. The fraction of sp³-hybridized carbons (Fsp3) is 0.0833. The average Bonchev–Trinajstić information content (AvgIpc) is 3.21. The van der Waals surface area contributed by atoms with Crippen LogP contribution in [0.2, 0.25) is 0 Å². The Morgan fingerprint density at radius 2 is 1.67 bits per heavy atom. The molecule has 5 rings (SSSR count). The van der Waals surface area contributed by atoms with Crippen LogP contribution in [0, 0.1) is 6.92 Å². The SMILES string of the molecule is Cc1ccc(-c2cccs2)cc1-c1nc2cc3ccccc3cc2c[n+]1C. The van der Waals surface area contributed by atoms with Crippen molar-refractivity contribution in [1.82, 2.24) is 4.98 Å². The quantitative estimate of drug-likeness (QED) is 0.280. The van der Waals surface area contributed by atoms with Crippen LogP contribution in [0.4, 0.5) is 0 Å². The first-order valence-corrected chi connectivity index (χ1v) is 9.91. The van der Waals surface area contributed by atoms with E-state index in [1.807, 2.05) is 0 Å². The van der Waals surface area contributed by atoms with E-state index in [1.54, 1.807) is 11.3 Å². The van der Waals surface area contributed by atoms with Crippen molar-refractivity contribution in [2.75, 3.05) is 0 Å². The number of aromatic nitrogens is 2. The molecule has 0 saturated heterocycles. The van der Waals surface area contributed by atoms with Gasteiger partial charge < -0.3 is 0 Å². The van der Waals surface area contributed by atoms with Gasteiger partial charge in [-0.15, -0.1) is 11.3 Å². The van der Waals surface area contributed by atoms with Crippen molar-refractivity contribution >= 4 is 33.0 Å². The molecule has 0 saturated carbocycles. The third kappa shape index (κ3) is 2.81. The normalized spacial score (nSPS) is 11.3. The van der Waals surface area contributed by atoms with Gasteiger partial charge in [-0.25, -0.2) is 4.57 Å². The molecule has 0 unspecified atom stereocenters. The molecule has 5 aromatic rings. The number of aryl methyl sites for hydroxylation is 2. The summed E-state index contributed by atoms with van der Waals surface area (Å²) in [5, 5.41) is 5.75. The van der Waals surface area contributed by atoms with E-state index in [9.17, 15) is 0 Å². The lowest BCUT2D eigenvalue weighted by Crippen LogP contribution is -2.32. The van der Waals surface area contributed by atoms with Gasteiger partial charge in [0, 0.05) is 4.88 Å². The zero-order valence-electron chi connectivity index (χ0n) is 15.3. The minimum Gasteiger partial charge on any atom is -0.232 e. The molecule has 3 heteroatoms. The molecule has 2 nitrogen and oxygen atoms in total. The molecule has 27 heavy (non-hydrogen) atoms. The first-order valence-electron chi connectivity index (χ1n) is 9.03. The molecule has 0 radical (unpaired) electrons. The highest BCUT2D eigenvalue weighted by molar-refractivity contribution is 7.13. The second kappa shape index (κ2) is 6.29. The molecule has 0 aliphatic carbocycles. The Hall–Kier alpha value is -3.04. The highest BCUT2D eigenvalue weighted by atomic mass is 32.1. The van der Waals surface area contributed by atoms with Crippen molar-refractivity contribution in [3.8, 4) is 21.8 Å². The number of hydrogen-bond acceptors (Lipinski definition) is 2. The third-order valence-electron chi connectivity index (χ3n) is 5.07. The van der Waals surface area contributed by atoms with Crippen molar-refractivity contribution < 1.29 is 4.57 Å². The van der Waals surface area contributed by atoms with Crippen molar-refractivity contribution in [2.24, 2.45) is 7.05 Å². The Morgan fingerprint density at radius 1 is 0.852 bits per heavy atom. The molecule has 0 fully saturated rings. The monoisotopic (exact) mass is 367 g/mol. The molecule has 0 spiro atoms. The van der Waals surface area contributed by atoms with E-state index < -0.39 is 0 Å². The lowest BCUT2D eigenvalue weighted by atomic mass is 10.0. The number of benzene rings is 3. The third-order valence-corrected chi connectivity index (χ3v) is 5.99. The van der Waals surface area contributed by atoms with Crippen LogP contribution in [0.5, 0.6) is 0 Å². The Balaban J connectivity index is 1.74. The van der Waals surface area contributed by atoms with Crippen LogP contribution in [0.1, 0.15) is 5.56 Å². The highest BCUT2D eigenvalue weighted by Crippen LogP contribution is 2.30. The molecule has 2 aromatic heterocycles. The fourth-order valence-electron chi connectivity index (χ4n) is 3.62. The Labute approximate surface area is 162 Å². The summed E-state index contributed by atoms with van der Waals surface area (Å²) in [7, 11) is 2.08. The van der Waals surface area contributed by atoms with Gasteiger partial charge >= 0.3 is 5.82 Å². The zero-order chi connectivity index (χ0) is 18.4. The van der Waals surface area contributed by atoms with E-state index in [1.165, 1.54) is 32.3 Å². The van der Waals surface area contributed by atoms with Crippen molar-refractivity contribution in [3.05, 3.63) is 83.9 Å². The molecule has 0 N–H and O–H groups in total. The lowest BCUT2D eigenvalue weighted by molar-refractivity contribution is -0.661. The Morgan fingerprint density at radius 3 is 2.44 bits per heavy atom. The maximum atomic E-state index is 5.04. The zero-order valence-corrected chi connectivity index (χ0v) is 16.1. The molecular weight excluding hydrogens is 348 g/mol. The molecule has 0 amide bonds. The van der Waals surface area contributed by atoms with Crippen molar-refractivity contribution in [3.63, 3.8) is 0 Å². The first kappa shape index (κ1) is 16.2. The largest absolute Gasteiger partial charge is 0.331 e. The summed E-state index contributed by atoms with van der Waals surface area (Å²) in [6.45, 7) is 2.15. The van der Waals surface area contributed by atoms with Crippen LogP contribution in [-0.4, -0.2) is 4.98 Å². The first-order chi connectivity index (χ1) is 13.2. The minimum atomic E-state index is 0.994. The molecule has 130 valence electrons. The maximum absolute atomic E-state index is 5.04. The number of nitrogens with zero attached hydrogens (tertiary/aromatic N) is 2. The van der Waals surface area contributed by atoms with Gasteiger partial charge in [-0.3, -0.25) is 0 Å². The molecule has 0 aliphatic rings. The van der Waals surface area contributed by atoms with Crippen LogP contribution >= 0.6 is 11.3 Å². The molecule has 2 heterocycles. The summed E-state index contributed by atoms with van der Waals surface area (Å²) < 4.78 is 2.14. The standard InChI is InChI=1S/C24H19N2S/c1-16-9-10-19(23-8-5-11-27-23)13-21(16)24-25-22-14-18-7-4-3-6-17(18)12-20(22)15-26(24)2/h3-15H,1-2H3/q+1. The van der Waals surface area contributed by atoms with Crippen LogP contribution < -0.4 is 4.57 Å². The molecular formula is C24H19N2S+. The molecule has 3 aromatic carbocycles. The lowest BCUT2D eigenvalue weighted by Gasteiger charge is -2.07.